The Labute approximate surface area is 112 Å². The molecule has 1 N–H and O–H groups in total. The highest BCUT2D eigenvalue weighted by atomic mass is 35.5. The van der Waals surface area contributed by atoms with Crippen molar-refractivity contribution in [1.82, 2.24) is 10.2 Å². The van der Waals surface area contributed by atoms with Crippen molar-refractivity contribution in [2.45, 2.75) is 25.9 Å². The van der Waals surface area contributed by atoms with Crippen LogP contribution in [-0.4, -0.2) is 30.6 Å². The first-order chi connectivity index (χ1) is 8.16. The molecule has 2 saturated heterocycles. The van der Waals surface area contributed by atoms with Crippen LogP contribution < -0.4 is 5.32 Å². The molecule has 4 unspecified atom stereocenters. The van der Waals surface area contributed by atoms with Gasteiger partial charge in [0.2, 0.25) is 0 Å². The third-order valence-electron chi connectivity index (χ3n) is 4.48. The van der Waals surface area contributed by atoms with E-state index in [2.05, 4.69) is 30.1 Å². The third-order valence-corrected chi connectivity index (χ3v) is 5.88. The maximum Gasteiger partial charge on any atom is 0.0931 e. The highest BCUT2D eigenvalue weighted by molar-refractivity contribution is 7.16. The first-order valence-electron chi connectivity index (χ1n) is 6.38. The summed E-state index contributed by atoms with van der Waals surface area (Å²) in [6, 6.07) is 5.39. The van der Waals surface area contributed by atoms with Crippen LogP contribution in [0, 0.1) is 11.8 Å². The van der Waals surface area contributed by atoms with E-state index in [4.69, 9.17) is 11.6 Å². The molecule has 2 nitrogen and oxygen atoms in total. The summed E-state index contributed by atoms with van der Waals surface area (Å²) in [7, 11) is 0. The van der Waals surface area contributed by atoms with Crippen LogP contribution in [0.4, 0.5) is 0 Å². The Hall–Kier alpha value is -0.0900. The lowest BCUT2D eigenvalue weighted by molar-refractivity contribution is 0.185. The topological polar surface area (TPSA) is 15.3 Å². The minimum Gasteiger partial charge on any atom is -0.316 e. The molecule has 3 heterocycles. The average molecular weight is 271 g/mol. The van der Waals surface area contributed by atoms with E-state index in [1.807, 2.05) is 6.07 Å². The Morgan fingerprint density at radius 2 is 2.29 bits per heavy atom. The van der Waals surface area contributed by atoms with E-state index in [1.54, 1.807) is 11.3 Å². The summed E-state index contributed by atoms with van der Waals surface area (Å²) < 4.78 is 0.903. The minimum atomic E-state index is 0.507. The highest BCUT2D eigenvalue weighted by Gasteiger charge is 2.43. The van der Waals surface area contributed by atoms with Gasteiger partial charge >= 0.3 is 0 Å². The van der Waals surface area contributed by atoms with E-state index in [0.29, 0.717) is 12.1 Å². The summed E-state index contributed by atoms with van der Waals surface area (Å²) >= 11 is 7.75. The van der Waals surface area contributed by atoms with Gasteiger partial charge in [-0.05, 0) is 50.9 Å². The standard InChI is InChI=1S/C13H19ClN2S/c1-8-11-6-15-5-10(11)7-16(8)9(2)12-3-4-13(14)17-12/h3-4,8-11,15H,5-7H2,1-2H3. The molecular formula is C13H19ClN2S. The molecule has 0 aromatic carbocycles. The Morgan fingerprint density at radius 1 is 1.47 bits per heavy atom. The Morgan fingerprint density at radius 3 is 2.94 bits per heavy atom. The molecule has 0 bridgehead atoms. The summed E-state index contributed by atoms with van der Waals surface area (Å²) in [6.45, 7) is 8.32. The monoisotopic (exact) mass is 270 g/mol. The van der Waals surface area contributed by atoms with E-state index in [-0.39, 0.29) is 0 Å². The molecule has 3 rings (SSSR count). The molecule has 0 spiro atoms. The molecule has 2 aliphatic rings. The van der Waals surface area contributed by atoms with Crippen molar-refractivity contribution in [1.29, 1.82) is 0 Å². The summed E-state index contributed by atoms with van der Waals surface area (Å²) in [4.78, 5) is 4.05. The number of halogens is 1. The van der Waals surface area contributed by atoms with Crippen LogP contribution in [0.25, 0.3) is 0 Å². The Kier molecular flexibility index (Phi) is 3.20. The second-order valence-corrected chi connectivity index (χ2v) is 7.08. The molecule has 1 aromatic rings. The van der Waals surface area contributed by atoms with Crippen molar-refractivity contribution in [2.24, 2.45) is 11.8 Å². The predicted molar refractivity (Wildman–Crippen MR) is 73.8 cm³/mol. The fourth-order valence-electron chi connectivity index (χ4n) is 3.43. The van der Waals surface area contributed by atoms with E-state index < -0.39 is 0 Å². The molecule has 4 heteroatoms. The van der Waals surface area contributed by atoms with Crippen molar-refractivity contribution >= 4 is 22.9 Å². The molecule has 4 atom stereocenters. The fourth-order valence-corrected chi connectivity index (χ4v) is 4.56. The van der Waals surface area contributed by atoms with Gasteiger partial charge in [-0.15, -0.1) is 11.3 Å². The first kappa shape index (κ1) is 12.0. The van der Waals surface area contributed by atoms with Gasteiger partial charge in [-0.25, -0.2) is 0 Å². The zero-order valence-corrected chi connectivity index (χ0v) is 11.9. The van der Waals surface area contributed by atoms with E-state index in [1.165, 1.54) is 24.5 Å². The van der Waals surface area contributed by atoms with Gasteiger partial charge in [0.05, 0.1) is 4.34 Å². The molecule has 1 aromatic heterocycles. The molecule has 2 fully saturated rings. The highest BCUT2D eigenvalue weighted by Crippen LogP contribution is 2.39. The zero-order chi connectivity index (χ0) is 12.0. The van der Waals surface area contributed by atoms with Crippen LogP contribution in [0.1, 0.15) is 24.8 Å². The second-order valence-electron chi connectivity index (χ2n) is 5.34. The molecule has 0 radical (unpaired) electrons. The van der Waals surface area contributed by atoms with Crippen molar-refractivity contribution in [3.63, 3.8) is 0 Å². The van der Waals surface area contributed by atoms with E-state index in [9.17, 15) is 0 Å². The second kappa shape index (κ2) is 4.54. The number of hydrogen-bond donors (Lipinski definition) is 1. The Bertz CT molecular complexity index is 406. The summed E-state index contributed by atoms with van der Waals surface area (Å²) in [5, 5.41) is 3.51. The fraction of sp³-hybridized carbons (Fsp3) is 0.692. The van der Waals surface area contributed by atoms with Gasteiger partial charge in [-0.2, -0.15) is 0 Å². The Balaban J connectivity index is 1.77. The predicted octanol–water partition coefficient (Wildman–Crippen LogP) is 3.00. The van der Waals surface area contributed by atoms with Gasteiger partial charge in [0.15, 0.2) is 0 Å². The maximum absolute atomic E-state index is 6.03. The number of thiophene rings is 1. The summed E-state index contributed by atoms with van der Waals surface area (Å²) in [6.07, 6.45) is 0. The van der Waals surface area contributed by atoms with Crippen molar-refractivity contribution in [3.8, 4) is 0 Å². The van der Waals surface area contributed by atoms with Gasteiger partial charge in [-0.3, -0.25) is 4.90 Å². The normalized spacial score (nSPS) is 35.1. The lowest BCUT2D eigenvalue weighted by Gasteiger charge is -2.30. The molecule has 0 aliphatic carbocycles. The average Bonchev–Trinajstić information content (AvgIpc) is 2.96. The van der Waals surface area contributed by atoms with E-state index >= 15 is 0 Å². The molecular weight excluding hydrogens is 252 g/mol. The molecule has 94 valence electrons. The number of likely N-dealkylation sites (tertiary alicyclic amines) is 1. The quantitative estimate of drug-likeness (QED) is 0.889. The third kappa shape index (κ3) is 2.03. The summed E-state index contributed by atoms with van der Waals surface area (Å²) in [5.41, 5.74) is 0. The molecule has 17 heavy (non-hydrogen) atoms. The van der Waals surface area contributed by atoms with E-state index in [0.717, 1.165) is 16.2 Å². The van der Waals surface area contributed by atoms with Crippen LogP contribution >= 0.6 is 22.9 Å². The largest absolute Gasteiger partial charge is 0.316 e. The number of nitrogens with zero attached hydrogens (tertiary/aromatic N) is 1. The van der Waals surface area contributed by atoms with Gasteiger partial charge in [0, 0.05) is 23.5 Å². The summed E-state index contributed by atoms with van der Waals surface area (Å²) in [5.74, 6) is 1.69. The van der Waals surface area contributed by atoms with Crippen molar-refractivity contribution in [2.75, 3.05) is 19.6 Å². The van der Waals surface area contributed by atoms with Crippen LogP contribution in [0.3, 0.4) is 0 Å². The molecule has 0 amide bonds. The van der Waals surface area contributed by atoms with Crippen LogP contribution in [0.2, 0.25) is 4.34 Å². The van der Waals surface area contributed by atoms with Crippen molar-refractivity contribution in [3.05, 3.63) is 21.3 Å². The minimum absolute atomic E-state index is 0.507. The molecule has 0 saturated carbocycles. The number of fused-ring (bicyclic) bond motifs is 1. The number of nitrogens with one attached hydrogen (secondary N) is 1. The van der Waals surface area contributed by atoms with Crippen molar-refractivity contribution < 1.29 is 0 Å². The van der Waals surface area contributed by atoms with Gasteiger partial charge in [0.25, 0.3) is 0 Å². The van der Waals surface area contributed by atoms with Crippen LogP contribution in [-0.2, 0) is 0 Å². The lowest BCUT2D eigenvalue weighted by atomic mass is 9.95. The number of rotatable bonds is 2. The first-order valence-corrected chi connectivity index (χ1v) is 7.58. The zero-order valence-electron chi connectivity index (χ0n) is 10.3. The maximum atomic E-state index is 6.03. The molecule has 2 aliphatic heterocycles. The SMILES string of the molecule is CC(c1ccc(Cl)s1)N1CC2CNCC2C1C. The van der Waals surface area contributed by atoms with Gasteiger partial charge in [0.1, 0.15) is 0 Å². The number of hydrogen-bond acceptors (Lipinski definition) is 3. The van der Waals surface area contributed by atoms with Crippen LogP contribution in [0.5, 0.6) is 0 Å². The smallest absolute Gasteiger partial charge is 0.0931 e. The van der Waals surface area contributed by atoms with Gasteiger partial charge < -0.3 is 5.32 Å². The lowest BCUT2D eigenvalue weighted by Crippen LogP contribution is -2.34. The van der Waals surface area contributed by atoms with Crippen LogP contribution in [0.15, 0.2) is 12.1 Å². The van der Waals surface area contributed by atoms with Gasteiger partial charge in [-0.1, -0.05) is 11.6 Å².